The Kier molecular flexibility index (Phi) is 4.17. The third-order valence-corrected chi connectivity index (χ3v) is 3.30. The van der Waals surface area contributed by atoms with Crippen LogP contribution < -0.4 is 0 Å². The summed E-state index contributed by atoms with van der Waals surface area (Å²) in [4.78, 5) is 8.93. The zero-order chi connectivity index (χ0) is 11.4. The SMILES string of the molecule is CCSc1nc(I)cc(-c2ccccc2)n1. The molecule has 0 amide bonds. The molecule has 16 heavy (non-hydrogen) atoms. The van der Waals surface area contributed by atoms with Crippen LogP contribution >= 0.6 is 34.4 Å². The number of hydrogen-bond acceptors (Lipinski definition) is 3. The van der Waals surface area contributed by atoms with Gasteiger partial charge in [-0.15, -0.1) is 0 Å². The molecular formula is C12H11IN2S. The maximum atomic E-state index is 4.54. The van der Waals surface area contributed by atoms with Crippen LogP contribution in [0, 0.1) is 3.70 Å². The fourth-order valence-corrected chi connectivity index (χ4v) is 2.62. The van der Waals surface area contributed by atoms with Crippen molar-refractivity contribution in [2.45, 2.75) is 12.1 Å². The minimum absolute atomic E-state index is 0.855. The van der Waals surface area contributed by atoms with Crippen molar-refractivity contribution in [3.63, 3.8) is 0 Å². The largest absolute Gasteiger partial charge is 0.222 e. The van der Waals surface area contributed by atoms with Crippen molar-refractivity contribution in [1.82, 2.24) is 9.97 Å². The van der Waals surface area contributed by atoms with Crippen molar-refractivity contribution < 1.29 is 0 Å². The van der Waals surface area contributed by atoms with E-state index in [1.54, 1.807) is 11.8 Å². The quantitative estimate of drug-likeness (QED) is 0.367. The van der Waals surface area contributed by atoms with E-state index < -0.39 is 0 Å². The van der Waals surface area contributed by atoms with Gasteiger partial charge in [-0.2, -0.15) is 0 Å². The molecule has 0 radical (unpaired) electrons. The Hall–Kier alpha value is -0.620. The smallest absolute Gasteiger partial charge is 0.189 e. The van der Waals surface area contributed by atoms with E-state index in [2.05, 4.69) is 51.6 Å². The van der Waals surface area contributed by atoms with Crippen LogP contribution in [0.5, 0.6) is 0 Å². The first-order valence-corrected chi connectivity index (χ1v) is 7.09. The van der Waals surface area contributed by atoms with Gasteiger partial charge in [0.15, 0.2) is 5.16 Å². The van der Waals surface area contributed by atoms with E-state index in [-0.39, 0.29) is 0 Å². The zero-order valence-electron chi connectivity index (χ0n) is 8.85. The second-order valence-corrected chi connectivity index (χ2v) is 5.49. The minimum Gasteiger partial charge on any atom is -0.222 e. The molecule has 0 fully saturated rings. The van der Waals surface area contributed by atoms with Crippen molar-refractivity contribution >= 4 is 34.4 Å². The molecule has 0 saturated heterocycles. The van der Waals surface area contributed by atoms with Crippen LogP contribution in [0.4, 0.5) is 0 Å². The van der Waals surface area contributed by atoms with E-state index in [1.165, 1.54) is 0 Å². The highest BCUT2D eigenvalue weighted by molar-refractivity contribution is 14.1. The fourth-order valence-electron chi connectivity index (χ4n) is 1.35. The molecule has 1 heterocycles. The lowest BCUT2D eigenvalue weighted by Crippen LogP contribution is -1.93. The number of thioether (sulfide) groups is 1. The number of rotatable bonds is 3. The van der Waals surface area contributed by atoms with Crippen molar-refractivity contribution in [2.75, 3.05) is 5.75 Å². The highest BCUT2D eigenvalue weighted by Crippen LogP contribution is 2.22. The Morgan fingerprint density at radius 3 is 2.62 bits per heavy atom. The lowest BCUT2D eigenvalue weighted by molar-refractivity contribution is 0.953. The van der Waals surface area contributed by atoms with Crippen LogP contribution in [0.2, 0.25) is 0 Å². The molecule has 0 aliphatic carbocycles. The van der Waals surface area contributed by atoms with E-state index in [4.69, 9.17) is 0 Å². The molecule has 0 atom stereocenters. The number of aromatic nitrogens is 2. The molecular weight excluding hydrogens is 331 g/mol. The van der Waals surface area contributed by atoms with Crippen molar-refractivity contribution in [3.8, 4) is 11.3 Å². The molecule has 0 N–H and O–H groups in total. The Morgan fingerprint density at radius 2 is 1.94 bits per heavy atom. The second-order valence-electron chi connectivity index (χ2n) is 3.16. The predicted octanol–water partition coefficient (Wildman–Crippen LogP) is 3.86. The molecule has 0 aliphatic heterocycles. The molecule has 0 saturated carbocycles. The molecule has 2 aromatic rings. The van der Waals surface area contributed by atoms with Crippen LogP contribution in [0.1, 0.15) is 6.92 Å². The van der Waals surface area contributed by atoms with Gasteiger partial charge in [0.05, 0.1) is 5.69 Å². The second kappa shape index (κ2) is 5.63. The van der Waals surface area contributed by atoms with Gasteiger partial charge in [0.25, 0.3) is 0 Å². The van der Waals surface area contributed by atoms with E-state index >= 15 is 0 Å². The number of nitrogens with zero attached hydrogens (tertiary/aromatic N) is 2. The molecule has 4 heteroatoms. The summed E-state index contributed by atoms with van der Waals surface area (Å²) < 4.78 is 0.988. The Labute approximate surface area is 113 Å². The molecule has 0 bridgehead atoms. The number of hydrogen-bond donors (Lipinski definition) is 0. The Morgan fingerprint density at radius 1 is 1.19 bits per heavy atom. The van der Waals surface area contributed by atoms with Gasteiger partial charge in [-0.3, -0.25) is 0 Å². The molecule has 0 unspecified atom stereocenters. The number of halogens is 1. The summed E-state index contributed by atoms with van der Waals surface area (Å²) in [5, 5.41) is 0.855. The zero-order valence-corrected chi connectivity index (χ0v) is 11.8. The van der Waals surface area contributed by atoms with Gasteiger partial charge < -0.3 is 0 Å². The average Bonchev–Trinajstić information content (AvgIpc) is 2.30. The maximum absolute atomic E-state index is 4.54. The normalized spacial score (nSPS) is 10.4. The highest BCUT2D eigenvalue weighted by atomic mass is 127. The first-order valence-electron chi connectivity index (χ1n) is 5.02. The Balaban J connectivity index is 2.41. The van der Waals surface area contributed by atoms with Crippen LogP contribution in [-0.2, 0) is 0 Å². The first-order chi connectivity index (χ1) is 7.79. The van der Waals surface area contributed by atoms with Gasteiger partial charge in [-0.25, -0.2) is 9.97 Å². The van der Waals surface area contributed by atoms with E-state index in [1.807, 2.05) is 24.3 Å². The molecule has 82 valence electrons. The fraction of sp³-hybridized carbons (Fsp3) is 0.167. The van der Waals surface area contributed by atoms with Crippen LogP contribution in [0.25, 0.3) is 11.3 Å². The number of benzene rings is 1. The van der Waals surface area contributed by atoms with E-state index in [9.17, 15) is 0 Å². The topological polar surface area (TPSA) is 25.8 Å². The summed E-state index contributed by atoms with van der Waals surface area (Å²) in [5.74, 6) is 0.994. The third kappa shape index (κ3) is 2.95. The predicted molar refractivity (Wildman–Crippen MR) is 76.6 cm³/mol. The van der Waals surface area contributed by atoms with Gasteiger partial charge in [0.1, 0.15) is 3.70 Å². The standard InChI is InChI=1S/C12H11IN2S/c1-2-16-12-14-10(8-11(13)15-12)9-6-4-3-5-7-9/h3-8H,2H2,1H3. The van der Waals surface area contributed by atoms with Crippen LogP contribution in [0.15, 0.2) is 41.6 Å². The van der Waals surface area contributed by atoms with Crippen LogP contribution in [0.3, 0.4) is 0 Å². The molecule has 1 aromatic carbocycles. The monoisotopic (exact) mass is 342 g/mol. The molecule has 2 rings (SSSR count). The summed E-state index contributed by atoms with van der Waals surface area (Å²) in [6.45, 7) is 2.11. The summed E-state index contributed by atoms with van der Waals surface area (Å²) in [6, 6.07) is 12.2. The summed E-state index contributed by atoms with van der Waals surface area (Å²) in [5.41, 5.74) is 2.14. The van der Waals surface area contributed by atoms with Crippen LogP contribution in [-0.4, -0.2) is 15.7 Å². The van der Waals surface area contributed by atoms with Gasteiger partial charge in [-0.1, -0.05) is 49.0 Å². The van der Waals surface area contributed by atoms with Crippen molar-refractivity contribution in [2.24, 2.45) is 0 Å². The molecule has 2 nitrogen and oxygen atoms in total. The van der Waals surface area contributed by atoms with E-state index in [0.717, 1.165) is 25.9 Å². The third-order valence-electron chi connectivity index (χ3n) is 2.02. The minimum atomic E-state index is 0.855. The summed E-state index contributed by atoms with van der Waals surface area (Å²) in [7, 11) is 0. The molecule has 0 aliphatic rings. The molecule has 0 spiro atoms. The lowest BCUT2D eigenvalue weighted by Gasteiger charge is -2.04. The van der Waals surface area contributed by atoms with Gasteiger partial charge in [-0.05, 0) is 34.4 Å². The Bertz CT molecular complexity index is 474. The summed E-state index contributed by atoms with van der Waals surface area (Å²) in [6.07, 6.45) is 0. The maximum Gasteiger partial charge on any atom is 0.189 e. The average molecular weight is 342 g/mol. The van der Waals surface area contributed by atoms with Crippen molar-refractivity contribution in [1.29, 1.82) is 0 Å². The summed E-state index contributed by atoms with van der Waals surface area (Å²) >= 11 is 3.90. The lowest BCUT2D eigenvalue weighted by atomic mass is 10.1. The van der Waals surface area contributed by atoms with Crippen molar-refractivity contribution in [3.05, 3.63) is 40.1 Å². The highest BCUT2D eigenvalue weighted by Gasteiger charge is 2.04. The van der Waals surface area contributed by atoms with Gasteiger partial charge >= 0.3 is 0 Å². The first kappa shape index (κ1) is 11.9. The van der Waals surface area contributed by atoms with E-state index in [0.29, 0.717) is 0 Å². The van der Waals surface area contributed by atoms with Gasteiger partial charge in [0, 0.05) is 5.56 Å². The molecule has 1 aromatic heterocycles. The van der Waals surface area contributed by atoms with Gasteiger partial charge in [0.2, 0.25) is 0 Å².